The van der Waals surface area contributed by atoms with Crippen LogP contribution in [0.3, 0.4) is 0 Å². The summed E-state index contributed by atoms with van der Waals surface area (Å²) in [5.41, 5.74) is 2.31. The van der Waals surface area contributed by atoms with Crippen molar-refractivity contribution in [2.45, 2.75) is 26.8 Å². The van der Waals surface area contributed by atoms with Gasteiger partial charge in [0.25, 0.3) is 5.91 Å². The lowest BCUT2D eigenvalue weighted by molar-refractivity contribution is -0.118. The van der Waals surface area contributed by atoms with Crippen molar-refractivity contribution in [3.63, 3.8) is 0 Å². The van der Waals surface area contributed by atoms with E-state index in [1.165, 1.54) is 0 Å². The second-order valence-corrected chi connectivity index (χ2v) is 5.83. The van der Waals surface area contributed by atoms with E-state index in [1.54, 1.807) is 24.3 Å². The molecule has 2 amide bonds. The molecule has 0 radical (unpaired) electrons. The van der Waals surface area contributed by atoms with Gasteiger partial charge in [0.1, 0.15) is 0 Å². The zero-order valence-electron chi connectivity index (χ0n) is 13.7. The third-order valence-electron chi connectivity index (χ3n) is 3.59. The molecule has 23 heavy (non-hydrogen) atoms. The van der Waals surface area contributed by atoms with Gasteiger partial charge in [-0.1, -0.05) is 44.2 Å². The quantitative estimate of drug-likeness (QED) is 0.883. The number of benzene rings is 2. The molecule has 0 aromatic heterocycles. The molecule has 4 nitrogen and oxygen atoms in total. The van der Waals surface area contributed by atoms with Crippen molar-refractivity contribution >= 4 is 17.5 Å². The highest BCUT2D eigenvalue weighted by Gasteiger charge is 2.12. The van der Waals surface area contributed by atoms with Gasteiger partial charge in [-0.2, -0.15) is 0 Å². The van der Waals surface area contributed by atoms with Gasteiger partial charge in [0, 0.05) is 17.2 Å². The van der Waals surface area contributed by atoms with Crippen LogP contribution in [0.5, 0.6) is 0 Å². The van der Waals surface area contributed by atoms with Crippen molar-refractivity contribution in [1.82, 2.24) is 5.32 Å². The van der Waals surface area contributed by atoms with Crippen LogP contribution in [0.2, 0.25) is 0 Å². The van der Waals surface area contributed by atoms with E-state index in [1.807, 2.05) is 51.1 Å². The van der Waals surface area contributed by atoms with Gasteiger partial charge in [-0.05, 0) is 36.8 Å². The van der Waals surface area contributed by atoms with E-state index in [9.17, 15) is 9.59 Å². The molecule has 0 aliphatic rings. The molecular weight excluding hydrogens is 288 g/mol. The average molecular weight is 310 g/mol. The summed E-state index contributed by atoms with van der Waals surface area (Å²) in [6, 6.07) is 16.6. The Hall–Kier alpha value is -2.62. The standard InChI is InChI=1S/C19H22N2O2/c1-13(2)18(22)21-17-11-9-16(10-12-17)19(23)20-14(3)15-7-5-4-6-8-15/h4-14H,1-3H3,(H,20,23)(H,21,22). The summed E-state index contributed by atoms with van der Waals surface area (Å²) in [7, 11) is 0. The Morgan fingerprint density at radius 1 is 0.870 bits per heavy atom. The topological polar surface area (TPSA) is 58.2 Å². The predicted molar refractivity (Wildman–Crippen MR) is 92.2 cm³/mol. The van der Waals surface area contributed by atoms with Crippen molar-refractivity contribution in [3.05, 3.63) is 65.7 Å². The van der Waals surface area contributed by atoms with Gasteiger partial charge in [-0.25, -0.2) is 0 Å². The molecule has 4 heteroatoms. The van der Waals surface area contributed by atoms with Crippen molar-refractivity contribution in [2.75, 3.05) is 5.32 Å². The monoisotopic (exact) mass is 310 g/mol. The van der Waals surface area contributed by atoms with E-state index in [0.717, 1.165) is 5.56 Å². The van der Waals surface area contributed by atoms with Gasteiger partial charge < -0.3 is 10.6 Å². The molecule has 0 fully saturated rings. The van der Waals surface area contributed by atoms with Crippen molar-refractivity contribution in [1.29, 1.82) is 0 Å². The molecule has 0 aliphatic carbocycles. The Kier molecular flexibility index (Phi) is 5.52. The summed E-state index contributed by atoms with van der Waals surface area (Å²) in [5.74, 6) is -0.257. The van der Waals surface area contributed by atoms with Crippen molar-refractivity contribution in [2.24, 2.45) is 5.92 Å². The average Bonchev–Trinajstić information content (AvgIpc) is 2.56. The van der Waals surface area contributed by atoms with Crippen LogP contribution >= 0.6 is 0 Å². The molecule has 0 saturated carbocycles. The van der Waals surface area contributed by atoms with Crippen LogP contribution in [0, 0.1) is 5.92 Å². The SMILES string of the molecule is CC(C)C(=O)Nc1ccc(C(=O)NC(C)c2ccccc2)cc1. The van der Waals surface area contributed by atoms with Gasteiger partial charge >= 0.3 is 0 Å². The molecule has 2 rings (SSSR count). The summed E-state index contributed by atoms with van der Waals surface area (Å²) in [4.78, 5) is 23.9. The molecule has 0 saturated heterocycles. The van der Waals surface area contributed by atoms with Crippen molar-refractivity contribution < 1.29 is 9.59 Å². The smallest absolute Gasteiger partial charge is 0.251 e. The third kappa shape index (κ3) is 4.68. The van der Waals surface area contributed by atoms with E-state index < -0.39 is 0 Å². The zero-order chi connectivity index (χ0) is 16.8. The second-order valence-electron chi connectivity index (χ2n) is 5.83. The second kappa shape index (κ2) is 7.58. The number of nitrogens with one attached hydrogen (secondary N) is 2. The third-order valence-corrected chi connectivity index (χ3v) is 3.59. The highest BCUT2D eigenvalue weighted by atomic mass is 16.2. The highest BCUT2D eigenvalue weighted by molar-refractivity contribution is 5.96. The van der Waals surface area contributed by atoms with Crippen LogP contribution in [0.1, 0.15) is 42.7 Å². The Morgan fingerprint density at radius 3 is 2.04 bits per heavy atom. The molecule has 0 heterocycles. The Labute approximate surface area is 136 Å². The van der Waals surface area contributed by atoms with E-state index >= 15 is 0 Å². The van der Waals surface area contributed by atoms with Crippen LogP contribution in [-0.4, -0.2) is 11.8 Å². The Morgan fingerprint density at radius 2 is 1.48 bits per heavy atom. The summed E-state index contributed by atoms with van der Waals surface area (Å²) >= 11 is 0. The molecule has 0 bridgehead atoms. The number of amides is 2. The maximum Gasteiger partial charge on any atom is 0.251 e. The molecule has 2 N–H and O–H groups in total. The Bertz CT molecular complexity index is 664. The Balaban J connectivity index is 1.99. The van der Waals surface area contributed by atoms with E-state index in [-0.39, 0.29) is 23.8 Å². The maximum absolute atomic E-state index is 12.3. The van der Waals surface area contributed by atoms with Gasteiger partial charge in [0.05, 0.1) is 6.04 Å². The first kappa shape index (κ1) is 16.7. The predicted octanol–water partition coefficient (Wildman–Crippen LogP) is 3.77. The van der Waals surface area contributed by atoms with Crippen molar-refractivity contribution in [3.8, 4) is 0 Å². The molecule has 1 unspecified atom stereocenters. The molecule has 0 spiro atoms. The molecule has 2 aromatic rings. The molecular formula is C19H22N2O2. The lowest BCUT2D eigenvalue weighted by Gasteiger charge is -2.14. The van der Waals surface area contributed by atoms with E-state index in [0.29, 0.717) is 11.3 Å². The molecule has 0 aliphatic heterocycles. The number of hydrogen-bond donors (Lipinski definition) is 2. The van der Waals surface area contributed by atoms with Gasteiger partial charge in [0.2, 0.25) is 5.91 Å². The normalized spacial score (nSPS) is 11.8. The largest absolute Gasteiger partial charge is 0.346 e. The van der Waals surface area contributed by atoms with Gasteiger partial charge in [-0.15, -0.1) is 0 Å². The first-order valence-electron chi connectivity index (χ1n) is 7.74. The molecule has 120 valence electrons. The first-order chi connectivity index (χ1) is 11.0. The highest BCUT2D eigenvalue weighted by Crippen LogP contribution is 2.14. The summed E-state index contributed by atoms with van der Waals surface area (Å²) in [6.07, 6.45) is 0. The van der Waals surface area contributed by atoms with Crippen LogP contribution in [0.4, 0.5) is 5.69 Å². The number of hydrogen-bond acceptors (Lipinski definition) is 2. The number of rotatable bonds is 5. The lowest BCUT2D eigenvalue weighted by atomic mass is 10.1. The zero-order valence-corrected chi connectivity index (χ0v) is 13.7. The summed E-state index contributed by atoms with van der Waals surface area (Å²) in [6.45, 7) is 5.62. The minimum absolute atomic E-state index is 0.0418. The van der Waals surface area contributed by atoms with E-state index in [2.05, 4.69) is 10.6 Å². The van der Waals surface area contributed by atoms with Gasteiger partial charge in [-0.3, -0.25) is 9.59 Å². The van der Waals surface area contributed by atoms with Crippen LogP contribution < -0.4 is 10.6 Å². The minimum atomic E-state index is -0.136. The fourth-order valence-corrected chi connectivity index (χ4v) is 2.10. The van der Waals surface area contributed by atoms with Gasteiger partial charge in [0.15, 0.2) is 0 Å². The van der Waals surface area contributed by atoms with E-state index in [4.69, 9.17) is 0 Å². The first-order valence-corrected chi connectivity index (χ1v) is 7.74. The molecule has 2 aromatic carbocycles. The van der Waals surface area contributed by atoms with Crippen LogP contribution in [-0.2, 0) is 4.79 Å². The van der Waals surface area contributed by atoms with Crippen LogP contribution in [0.25, 0.3) is 0 Å². The number of carbonyl (C=O) groups is 2. The number of anilines is 1. The minimum Gasteiger partial charge on any atom is -0.346 e. The number of carbonyl (C=O) groups excluding carboxylic acids is 2. The fraction of sp³-hybridized carbons (Fsp3) is 0.263. The maximum atomic E-state index is 12.3. The molecule has 1 atom stereocenters. The summed E-state index contributed by atoms with van der Waals surface area (Å²) < 4.78 is 0. The summed E-state index contributed by atoms with van der Waals surface area (Å²) in [5, 5.41) is 5.77. The fourth-order valence-electron chi connectivity index (χ4n) is 2.10. The van der Waals surface area contributed by atoms with Crippen LogP contribution in [0.15, 0.2) is 54.6 Å². The lowest BCUT2D eigenvalue weighted by Crippen LogP contribution is -2.26.